The highest BCUT2D eigenvalue weighted by atomic mass is 35.5. The molecule has 1 aromatic heterocycles. The van der Waals surface area contributed by atoms with Gasteiger partial charge in [-0.15, -0.1) is 0 Å². The minimum Gasteiger partial charge on any atom is -0.371 e. The summed E-state index contributed by atoms with van der Waals surface area (Å²) in [7, 11) is 1.53. The molecule has 0 fully saturated rings. The average Bonchev–Trinajstić information content (AvgIpc) is 2.24. The Labute approximate surface area is 97.6 Å². The molecule has 1 heterocycles. The Morgan fingerprint density at radius 3 is 2.13 bits per heavy atom. The first-order valence-corrected chi connectivity index (χ1v) is 5.14. The van der Waals surface area contributed by atoms with Crippen LogP contribution in [0.2, 0.25) is 10.3 Å². The third kappa shape index (κ3) is 2.38. The topological polar surface area (TPSA) is 35.0 Å². The molecule has 15 heavy (non-hydrogen) atoms. The molecule has 0 saturated heterocycles. The Kier molecular flexibility index (Phi) is 3.87. The Bertz CT molecular complexity index is 346. The van der Waals surface area contributed by atoms with E-state index >= 15 is 0 Å². The van der Waals surface area contributed by atoms with E-state index in [1.54, 1.807) is 6.92 Å². The lowest BCUT2D eigenvalue weighted by molar-refractivity contribution is -0.00910. The van der Waals surface area contributed by atoms with Gasteiger partial charge in [0.25, 0.3) is 0 Å². The molecule has 1 rings (SSSR count). The van der Waals surface area contributed by atoms with Crippen molar-refractivity contribution >= 4 is 23.2 Å². The van der Waals surface area contributed by atoms with Crippen LogP contribution in [0, 0.1) is 5.82 Å². The smallest absolute Gasteiger partial charge is 0.197 e. The van der Waals surface area contributed by atoms with E-state index in [0.29, 0.717) is 6.42 Å². The summed E-state index contributed by atoms with van der Waals surface area (Å²) in [6.45, 7) is 3.69. The molecule has 1 aromatic rings. The van der Waals surface area contributed by atoms with Crippen molar-refractivity contribution in [2.75, 3.05) is 7.11 Å². The van der Waals surface area contributed by atoms with E-state index in [4.69, 9.17) is 27.9 Å². The van der Waals surface area contributed by atoms with E-state index in [9.17, 15) is 4.39 Å². The molecule has 0 aliphatic carbocycles. The predicted octanol–water partition coefficient (Wildman–Crippen LogP) is 3.19. The maximum atomic E-state index is 13.1. The fourth-order valence-electron chi connectivity index (χ4n) is 1.02. The van der Waals surface area contributed by atoms with Crippen LogP contribution in [-0.2, 0) is 10.3 Å². The number of ether oxygens (including phenoxy) is 1. The molecule has 0 radical (unpaired) electrons. The summed E-state index contributed by atoms with van der Waals surface area (Å²) in [6.07, 6.45) is 0.627. The van der Waals surface area contributed by atoms with Crippen LogP contribution >= 0.6 is 23.2 Å². The van der Waals surface area contributed by atoms with Crippen LogP contribution in [0.3, 0.4) is 0 Å². The lowest BCUT2D eigenvalue weighted by atomic mass is 10.0. The normalized spacial score (nSPS) is 15.1. The number of halogens is 3. The van der Waals surface area contributed by atoms with Crippen molar-refractivity contribution in [3.63, 3.8) is 0 Å². The standard InChI is InChI=1S/C9H11Cl2FN2O/c1-4-9(2,15-3)8-13-6(10)5(12)7(11)14-8/h4H2,1-3H3. The van der Waals surface area contributed by atoms with Crippen LogP contribution in [0.1, 0.15) is 26.1 Å². The fraction of sp³-hybridized carbons (Fsp3) is 0.556. The second-order valence-corrected chi connectivity index (χ2v) is 3.95. The van der Waals surface area contributed by atoms with Gasteiger partial charge >= 0.3 is 0 Å². The molecular weight excluding hydrogens is 242 g/mol. The number of rotatable bonds is 3. The van der Waals surface area contributed by atoms with Gasteiger partial charge in [0, 0.05) is 7.11 Å². The molecule has 1 atom stereocenters. The first kappa shape index (κ1) is 12.6. The van der Waals surface area contributed by atoms with E-state index in [1.807, 2.05) is 6.92 Å². The van der Waals surface area contributed by atoms with Crippen molar-refractivity contribution in [3.8, 4) is 0 Å². The molecule has 84 valence electrons. The SMILES string of the molecule is CCC(C)(OC)c1nc(Cl)c(F)c(Cl)n1. The van der Waals surface area contributed by atoms with Crippen molar-refractivity contribution in [3.05, 3.63) is 21.9 Å². The summed E-state index contributed by atoms with van der Waals surface area (Å²) in [5, 5.41) is -0.580. The van der Waals surface area contributed by atoms with Crippen LogP contribution in [0.4, 0.5) is 4.39 Å². The third-order valence-electron chi connectivity index (χ3n) is 2.37. The summed E-state index contributed by atoms with van der Waals surface area (Å²) in [5.41, 5.74) is -0.707. The Hall–Kier alpha value is -0.450. The Morgan fingerprint density at radius 2 is 1.80 bits per heavy atom. The van der Waals surface area contributed by atoms with Gasteiger partial charge in [-0.05, 0) is 13.3 Å². The fourth-order valence-corrected chi connectivity index (χ4v) is 1.41. The van der Waals surface area contributed by atoms with Crippen LogP contribution in [-0.4, -0.2) is 17.1 Å². The average molecular weight is 253 g/mol. The molecule has 6 heteroatoms. The van der Waals surface area contributed by atoms with Gasteiger partial charge in [0.1, 0.15) is 5.60 Å². The summed E-state index contributed by atoms with van der Waals surface area (Å²) in [4.78, 5) is 7.63. The lowest BCUT2D eigenvalue weighted by Crippen LogP contribution is -2.26. The molecule has 0 saturated carbocycles. The van der Waals surface area contributed by atoms with Crippen LogP contribution in [0.15, 0.2) is 0 Å². The first-order chi connectivity index (χ1) is 6.94. The van der Waals surface area contributed by atoms with Gasteiger partial charge in [0.15, 0.2) is 21.9 Å². The first-order valence-electron chi connectivity index (χ1n) is 4.38. The highest BCUT2D eigenvalue weighted by Gasteiger charge is 2.29. The quantitative estimate of drug-likeness (QED) is 0.776. The van der Waals surface area contributed by atoms with Crippen molar-refractivity contribution in [1.29, 1.82) is 0 Å². The van der Waals surface area contributed by atoms with Crippen molar-refractivity contribution < 1.29 is 9.13 Å². The van der Waals surface area contributed by atoms with Gasteiger partial charge in [0.2, 0.25) is 0 Å². The maximum Gasteiger partial charge on any atom is 0.197 e. The molecule has 0 spiro atoms. The highest BCUT2D eigenvalue weighted by Crippen LogP contribution is 2.28. The largest absolute Gasteiger partial charge is 0.371 e. The summed E-state index contributed by atoms with van der Waals surface area (Å²) < 4.78 is 18.3. The van der Waals surface area contributed by atoms with Gasteiger partial charge in [-0.2, -0.15) is 0 Å². The highest BCUT2D eigenvalue weighted by molar-refractivity contribution is 6.33. The molecule has 0 aliphatic rings. The zero-order valence-corrected chi connectivity index (χ0v) is 10.2. The minimum absolute atomic E-state index is 0.281. The summed E-state index contributed by atoms with van der Waals surface area (Å²) in [5.74, 6) is -0.527. The van der Waals surface area contributed by atoms with E-state index in [2.05, 4.69) is 9.97 Å². The second-order valence-electron chi connectivity index (χ2n) is 3.23. The predicted molar refractivity (Wildman–Crippen MR) is 56.7 cm³/mol. The second kappa shape index (κ2) is 4.60. The van der Waals surface area contributed by atoms with E-state index in [0.717, 1.165) is 0 Å². The van der Waals surface area contributed by atoms with Crippen LogP contribution in [0.5, 0.6) is 0 Å². The van der Waals surface area contributed by atoms with E-state index < -0.39 is 11.4 Å². The molecule has 3 nitrogen and oxygen atoms in total. The molecule has 0 N–H and O–H groups in total. The van der Waals surface area contributed by atoms with Gasteiger partial charge in [-0.25, -0.2) is 14.4 Å². The van der Waals surface area contributed by atoms with Crippen LogP contribution < -0.4 is 0 Å². The van der Waals surface area contributed by atoms with Crippen molar-refractivity contribution in [2.45, 2.75) is 25.9 Å². The van der Waals surface area contributed by atoms with Gasteiger partial charge in [-0.3, -0.25) is 0 Å². The van der Waals surface area contributed by atoms with Gasteiger partial charge in [0.05, 0.1) is 0 Å². The summed E-state index contributed by atoms with van der Waals surface area (Å²) >= 11 is 11.1. The van der Waals surface area contributed by atoms with Gasteiger partial charge < -0.3 is 4.74 Å². The molecule has 1 unspecified atom stereocenters. The monoisotopic (exact) mass is 252 g/mol. The Morgan fingerprint density at radius 1 is 1.33 bits per heavy atom. The molecule has 0 aliphatic heterocycles. The third-order valence-corrected chi connectivity index (χ3v) is 2.87. The number of hydrogen-bond acceptors (Lipinski definition) is 3. The van der Waals surface area contributed by atoms with E-state index in [1.165, 1.54) is 7.11 Å². The molecule has 0 bridgehead atoms. The van der Waals surface area contributed by atoms with Crippen molar-refractivity contribution in [1.82, 2.24) is 9.97 Å². The Balaban J connectivity index is 3.27. The zero-order valence-electron chi connectivity index (χ0n) is 8.64. The van der Waals surface area contributed by atoms with Gasteiger partial charge in [-0.1, -0.05) is 30.1 Å². The molecular formula is C9H11Cl2FN2O. The lowest BCUT2D eigenvalue weighted by Gasteiger charge is -2.24. The number of methoxy groups -OCH3 is 1. The number of nitrogens with zero attached hydrogens (tertiary/aromatic N) is 2. The number of hydrogen-bond donors (Lipinski definition) is 0. The minimum atomic E-state index is -0.809. The molecule has 0 aromatic carbocycles. The number of aromatic nitrogens is 2. The maximum absolute atomic E-state index is 13.1. The van der Waals surface area contributed by atoms with Crippen molar-refractivity contribution in [2.24, 2.45) is 0 Å². The van der Waals surface area contributed by atoms with E-state index in [-0.39, 0.29) is 16.1 Å². The summed E-state index contributed by atoms with van der Waals surface area (Å²) in [6, 6.07) is 0. The molecule has 0 amide bonds. The van der Waals surface area contributed by atoms with Crippen LogP contribution in [0.25, 0.3) is 0 Å². The zero-order chi connectivity index (χ0) is 11.6.